The summed E-state index contributed by atoms with van der Waals surface area (Å²) in [6.07, 6.45) is 1.70. The molecule has 5 heteroatoms. The smallest absolute Gasteiger partial charge is 0.228 e. The van der Waals surface area contributed by atoms with E-state index in [1.807, 2.05) is 24.3 Å². The molecule has 0 radical (unpaired) electrons. The fourth-order valence-electron chi connectivity index (χ4n) is 5.62. The molecule has 0 spiro atoms. The summed E-state index contributed by atoms with van der Waals surface area (Å²) in [6.45, 7) is 0. The first-order valence-corrected chi connectivity index (χ1v) is 12.3. The molecule has 8 rings (SSSR count). The van der Waals surface area contributed by atoms with Crippen molar-refractivity contribution in [2.24, 2.45) is 0 Å². The van der Waals surface area contributed by atoms with Crippen LogP contribution in [0.25, 0.3) is 38.6 Å². The predicted molar refractivity (Wildman–Crippen MR) is 145 cm³/mol. The van der Waals surface area contributed by atoms with Crippen molar-refractivity contribution in [1.29, 1.82) is 0 Å². The lowest BCUT2D eigenvalue weighted by atomic mass is 9.81. The molecule has 1 unspecified atom stereocenters. The van der Waals surface area contributed by atoms with Crippen molar-refractivity contribution in [2.75, 3.05) is 0 Å². The van der Waals surface area contributed by atoms with E-state index in [1.165, 1.54) is 5.39 Å². The molecule has 1 aliphatic rings. The standard InChI is InChI=1S/C32H20N4O/c1-2-11-22(12-3-1)27-28-24-15-7-5-10-21(24)17-18-26(28)37-32-29(27)31-34-30(35-36(31)19-33-32)25-16-8-13-20-9-4-6-14-23(20)25/h1-19,27H. The Hall–Kier alpha value is -5.03. The minimum atomic E-state index is -0.105. The summed E-state index contributed by atoms with van der Waals surface area (Å²) in [5, 5.41) is 9.49. The molecule has 5 aromatic carbocycles. The SMILES string of the molecule is c1ccc(C2c3c(ccc4ccccc34)Oc3ncn4nc(-c5cccc6ccccc56)nc4c32)cc1. The molecular weight excluding hydrogens is 456 g/mol. The first-order valence-electron chi connectivity index (χ1n) is 12.3. The second kappa shape index (κ2) is 7.73. The lowest BCUT2D eigenvalue weighted by molar-refractivity contribution is 0.433. The third-order valence-electron chi connectivity index (χ3n) is 7.27. The molecule has 0 saturated heterocycles. The highest BCUT2D eigenvalue weighted by atomic mass is 16.5. The Morgan fingerprint density at radius 2 is 1.38 bits per heavy atom. The minimum absolute atomic E-state index is 0.105. The second-order valence-corrected chi connectivity index (χ2v) is 9.34. The van der Waals surface area contributed by atoms with Gasteiger partial charge in [-0.15, -0.1) is 5.10 Å². The van der Waals surface area contributed by atoms with E-state index in [4.69, 9.17) is 19.8 Å². The first kappa shape index (κ1) is 20.2. The normalized spacial score (nSPS) is 14.4. The van der Waals surface area contributed by atoms with Gasteiger partial charge in [-0.25, -0.2) is 14.5 Å². The molecule has 0 aliphatic carbocycles. The zero-order chi connectivity index (χ0) is 24.3. The lowest BCUT2D eigenvalue weighted by Gasteiger charge is -2.29. The Labute approximate surface area is 212 Å². The zero-order valence-electron chi connectivity index (χ0n) is 19.7. The molecular formula is C32H20N4O. The van der Waals surface area contributed by atoms with Crippen LogP contribution in [0.1, 0.15) is 22.6 Å². The summed E-state index contributed by atoms with van der Waals surface area (Å²) < 4.78 is 8.22. The molecule has 1 aliphatic heterocycles. The van der Waals surface area contributed by atoms with Crippen molar-refractivity contribution >= 4 is 27.2 Å². The van der Waals surface area contributed by atoms with Crippen LogP contribution in [0.4, 0.5) is 0 Å². The van der Waals surface area contributed by atoms with Gasteiger partial charge in [0.15, 0.2) is 11.5 Å². The Bertz CT molecular complexity index is 1970. The van der Waals surface area contributed by atoms with Gasteiger partial charge in [-0.05, 0) is 33.2 Å². The summed E-state index contributed by atoms with van der Waals surface area (Å²) in [6, 6.07) is 37.7. The molecule has 3 heterocycles. The molecule has 5 nitrogen and oxygen atoms in total. The maximum absolute atomic E-state index is 6.44. The molecule has 174 valence electrons. The topological polar surface area (TPSA) is 52.3 Å². The number of fused-ring (bicyclic) bond motifs is 7. The highest BCUT2D eigenvalue weighted by Crippen LogP contribution is 2.50. The number of hydrogen-bond acceptors (Lipinski definition) is 4. The first-order chi connectivity index (χ1) is 18.3. The fraction of sp³-hybridized carbons (Fsp3) is 0.0312. The lowest BCUT2D eigenvalue weighted by Crippen LogP contribution is -2.15. The summed E-state index contributed by atoms with van der Waals surface area (Å²) in [4.78, 5) is 9.82. The summed E-state index contributed by atoms with van der Waals surface area (Å²) in [5.74, 6) is 1.96. The van der Waals surface area contributed by atoms with Crippen molar-refractivity contribution in [3.63, 3.8) is 0 Å². The number of nitrogens with zero attached hydrogens (tertiary/aromatic N) is 4. The molecule has 0 bridgehead atoms. The van der Waals surface area contributed by atoms with Crippen LogP contribution in [-0.4, -0.2) is 19.6 Å². The van der Waals surface area contributed by atoms with Crippen molar-refractivity contribution in [3.05, 3.63) is 132 Å². The fourth-order valence-corrected chi connectivity index (χ4v) is 5.62. The maximum atomic E-state index is 6.44. The van der Waals surface area contributed by atoms with Crippen molar-refractivity contribution in [1.82, 2.24) is 19.6 Å². The molecule has 0 N–H and O–H groups in total. The van der Waals surface area contributed by atoms with Gasteiger partial charge in [-0.3, -0.25) is 0 Å². The average molecular weight is 477 g/mol. The molecule has 2 aromatic heterocycles. The Morgan fingerprint density at radius 3 is 2.24 bits per heavy atom. The van der Waals surface area contributed by atoms with Crippen LogP contribution in [0.2, 0.25) is 0 Å². The second-order valence-electron chi connectivity index (χ2n) is 9.34. The van der Waals surface area contributed by atoms with Gasteiger partial charge in [-0.1, -0.05) is 103 Å². The van der Waals surface area contributed by atoms with Gasteiger partial charge in [0.2, 0.25) is 5.88 Å². The van der Waals surface area contributed by atoms with Gasteiger partial charge in [0, 0.05) is 17.0 Å². The van der Waals surface area contributed by atoms with E-state index in [2.05, 4.69) is 84.9 Å². The van der Waals surface area contributed by atoms with E-state index in [0.717, 1.165) is 49.8 Å². The quantitative estimate of drug-likeness (QED) is 0.261. The van der Waals surface area contributed by atoms with Gasteiger partial charge in [0.25, 0.3) is 0 Å². The molecule has 0 amide bonds. The van der Waals surface area contributed by atoms with Crippen molar-refractivity contribution in [3.8, 4) is 23.0 Å². The van der Waals surface area contributed by atoms with Gasteiger partial charge in [0.1, 0.15) is 12.1 Å². The van der Waals surface area contributed by atoms with Crippen molar-refractivity contribution in [2.45, 2.75) is 5.92 Å². The van der Waals surface area contributed by atoms with Crippen LogP contribution in [0.15, 0.2) is 116 Å². The Balaban J connectivity index is 1.43. The van der Waals surface area contributed by atoms with E-state index < -0.39 is 0 Å². The van der Waals surface area contributed by atoms with Gasteiger partial charge in [-0.2, -0.15) is 0 Å². The molecule has 0 saturated carbocycles. The number of benzene rings is 5. The highest BCUT2D eigenvalue weighted by molar-refractivity contribution is 5.95. The van der Waals surface area contributed by atoms with Crippen LogP contribution in [0.5, 0.6) is 11.6 Å². The Kier molecular flexibility index (Phi) is 4.22. The zero-order valence-corrected chi connectivity index (χ0v) is 19.7. The maximum Gasteiger partial charge on any atom is 0.228 e. The number of hydrogen-bond donors (Lipinski definition) is 0. The highest BCUT2D eigenvalue weighted by Gasteiger charge is 2.34. The van der Waals surface area contributed by atoms with Crippen LogP contribution in [0, 0.1) is 0 Å². The predicted octanol–water partition coefficient (Wildman–Crippen LogP) is 7.38. The molecule has 1 atom stereocenters. The number of aromatic nitrogens is 4. The van der Waals surface area contributed by atoms with Crippen LogP contribution in [0.3, 0.4) is 0 Å². The van der Waals surface area contributed by atoms with E-state index >= 15 is 0 Å². The van der Waals surface area contributed by atoms with Gasteiger partial charge in [0.05, 0.1) is 5.56 Å². The van der Waals surface area contributed by atoms with Crippen LogP contribution in [-0.2, 0) is 0 Å². The minimum Gasteiger partial charge on any atom is -0.438 e. The molecule has 37 heavy (non-hydrogen) atoms. The van der Waals surface area contributed by atoms with Crippen molar-refractivity contribution < 1.29 is 4.74 Å². The summed E-state index contributed by atoms with van der Waals surface area (Å²) in [7, 11) is 0. The third kappa shape index (κ3) is 3.01. The molecule has 0 fully saturated rings. The van der Waals surface area contributed by atoms with E-state index in [0.29, 0.717) is 11.7 Å². The molecule has 7 aromatic rings. The Morgan fingerprint density at radius 1 is 0.649 bits per heavy atom. The van der Waals surface area contributed by atoms with Gasteiger partial charge >= 0.3 is 0 Å². The van der Waals surface area contributed by atoms with Gasteiger partial charge < -0.3 is 4.74 Å². The van der Waals surface area contributed by atoms with Crippen LogP contribution < -0.4 is 4.74 Å². The number of ether oxygens (including phenoxy) is 1. The van der Waals surface area contributed by atoms with E-state index in [1.54, 1.807) is 10.8 Å². The summed E-state index contributed by atoms with van der Waals surface area (Å²) in [5.41, 5.74) is 4.96. The summed E-state index contributed by atoms with van der Waals surface area (Å²) >= 11 is 0. The average Bonchev–Trinajstić information content (AvgIpc) is 3.40. The third-order valence-corrected chi connectivity index (χ3v) is 7.27. The monoisotopic (exact) mass is 476 g/mol. The van der Waals surface area contributed by atoms with Crippen LogP contribution >= 0.6 is 0 Å². The van der Waals surface area contributed by atoms with E-state index in [9.17, 15) is 0 Å². The largest absolute Gasteiger partial charge is 0.438 e. The number of rotatable bonds is 2. The van der Waals surface area contributed by atoms with E-state index in [-0.39, 0.29) is 5.92 Å².